The van der Waals surface area contributed by atoms with Crippen molar-refractivity contribution < 1.29 is 9.21 Å². The highest BCUT2D eigenvalue weighted by molar-refractivity contribution is 5.74. The Bertz CT molecular complexity index is 661. The number of hydrogen-bond donors (Lipinski definition) is 2. The summed E-state index contributed by atoms with van der Waals surface area (Å²) in [6, 6.07) is 10.2. The smallest absolute Gasteiger partial charge is 0.315 e. The van der Waals surface area contributed by atoms with E-state index in [-0.39, 0.29) is 6.03 Å². The third kappa shape index (κ3) is 4.37. The van der Waals surface area contributed by atoms with Gasteiger partial charge in [0, 0.05) is 31.5 Å². The van der Waals surface area contributed by atoms with Crippen molar-refractivity contribution in [2.24, 2.45) is 0 Å². The molecule has 24 heavy (non-hydrogen) atoms. The van der Waals surface area contributed by atoms with Gasteiger partial charge in [-0.2, -0.15) is 0 Å². The normalized spacial score (nSPS) is 15.2. The first kappa shape index (κ1) is 16.6. The molecule has 2 aromatic rings. The zero-order valence-corrected chi connectivity index (χ0v) is 14.2. The average Bonchev–Trinajstić information content (AvgIpc) is 2.97. The Morgan fingerprint density at radius 2 is 1.96 bits per heavy atom. The molecule has 1 saturated carbocycles. The number of urea groups is 1. The number of nitrogens with one attached hydrogen (secondary N) is 2. The van der Waals surface area contributed by atoms with Gasteiger partial charge in [-0.15, -0.1) is 0 Å². The number of carbonyl (C=O) groups is 1. The van der Waals surface area contributed by atoms with Gasteiger partial charge in [0.15, 0.2) is 5.89 Å². The molecule has 1 aliphatic carbocycles. The van der Waals surface area contributed by atoms with E-state index in [1.165, 1.54) is 19.3 Å². The number of oxazole rings is 1. The molecule has 2 N–H and O–H groups in total. The Kier molecular flexibility index (Phi) is 5.51. The molecule has 1 aliphatic rings. The zero-order valence-electron chi connectivity index (χ0n) is 14.2. The maximum absolute atomic E-state index is 12.0. The molecule has 5 nitrogen and oxygen atoms in total. The van der Waals surface area contributed by atoms with Crippen LogP contribution in [0.4, 0.5) is 4.79 Å². The first-order chi connectivity index (χ1) is 11.7. The second kappa shape index (κ2) is 7.99. The van der Waals surface area contributed by atoms with Gasteiger partial charge >= 0.3 is 6.03 Å². The minimum atomic E-state index is -0.0839. The van der Waals surface area contributed by atoms with Crippen LogP contribution in [0.1, 0.15) is 43.8 Å². The topological polar surface area (TPSA) is 67.2 Å². The molecule has 0 radical (unpaired) electrons. The summed E-state index contributed by atoms with van der Waals surface area (Å²) in [5, 5.41) is 5.99. The molecule has 0 atom stereocenters. The highest BCUT2D eigenvalue weighted by Gasteiger charge is 2.16. The summed E-state index contributed by atoms with van der Waals surface area (Å²) in [6.45, 7) is 2.38. The van der Waals surface area contributed by atoms with Gasteiger partial charge in [0.2, 0.25) is 0 Å². The summed E-state index contributed by atoms with van der Waals surface area (Å²) >= 11 is 0. The van der Waals surface area contributed by atoms with Gasteiger partial charge in [-0.05, 0) is 12.8 Å². The predicted molar refractivity (Wildman–Crippen MR) is 93.8 cm³/mol. The lowest BCUT2D eigenvalue weighted by atomic mass is 9.96. The van der Waals surface area contributed by atoms with Crippen LogP contribution in [0.15, 0.2) is 34.7 Å². The quantitative estimate of drug-likeness (QED) is 0.877. The molecule has 5 heteroatoms. The van der Waals surface area contributed by atoms with Crippen LogP contribution in [-0.4, -0.2) is 23.6 Å². The van der Waals surface area contributed by atoms with Gasteiger partial charge in [-0.25, -0.2) is 9.78 Å². The van der Waals surface area contributed by atoms with E-state index >= 15 is 0 Å². The van der Waals surface area contributed by atoms with Crippen LogP contribution in [0.2, 0.25) is 0 Å². The van der Waals surface area contributed by atoms with Gasteiger partial charge in [0.05, 0.1) is 0 Å². The summed E-state index contributed by atoms with van der Waals surface area (Å²) in [7, 11) is 0. The summed E-state index contributed by atoms with van der Waals surface area (Å²) < 4.78 is 5.72. The lowest BCUT2D eigenvalue weighted by molar-refractivity contribution is 0.232. The number of aryl methyl sites for hydroxylation is 1. The summed E-state index contributed by atoms with van der Waals surface area (Å²) in [5.41, 5.74) is 1.90. The van der Waals surface area contributed by atoms with Crippen molar-refractivity contribution in [1.29, 1.82) is 0 Å². The van der Waals surface area contributed by atoms with Gasteiger partial charge in [0.25, 0.3) is 0 Å². The van der Waals surface area contributed by atoms with Crippen molar-refractivity contribution >= 4 is 6.03 Å². The van der Waals surface area contributed by atoms with E-state index in [2.05, 4.69) is 15.6 Å². The highest BCUT2D eigenvalue weighted by atomic mass is 16.4. The van der Waals surface area contributed by atoms with Gasteiger partial charge in [-0.1, -0.05) is 49.6 Å². The van der Waals surface area contributed by atoms with E-state index < -0.39 is 0 Å². The Morgan fingerprint density at radius 3 is 2.71 bits per heavy atom. The molecule has 1 fully saturated rings. The summed E-state index contributed by atoms with van der Waals surface area (Å²) in [6.07, 6.45) is 6.52. The number of benzene rings is 1. The number of hydrogen-bond acceptors (Lipinski definition) is 3. The van der Waals surface area contributed by atoms with Crippen LogP contribution in [0.25, 0.3) is 11.3 Å². The van der Waals surface area contributed by atoms with E-state index in [4.69, 9.17) is 4.42 Å². The van der Waals surface area contributed by atoms with E-state index in [0.29, 0.717) is 24.9 Å². The first-order valence-electron chi connectivity index (χ1n) is 8.78. The standard InChI is InChI=1S/C19H25N3O2/c1-14-21-18(15-8-4-2-5-9-15)17(24-14)12-13-20-19(23)22-16-10-6-3-7-11-16/h2,4-5,8-9,16H,3,6-7,10-13H2,1H3,(H2,20,22,23). The second-order valence-electron chi connectivity index (χ2n) is 6.36. The van der Waals surface area contributed by atoms with Crippen molar-refractivity contribution in [1.82, 2.24) is 15.6 Å². The molecule has 0 unspecified atom stereocenters. The number of aromatic nitrogens is 1. The fourth-order valence-electron chi connectivity index (χ4n) is 3.23. The van der Waals surface area contributed by atoms with E-state index in [1.807, 2.05) is 37.3 Å². The van der Waals surface area contributed by atoms with E-state index in [0.717, 1.165) is 29.9 Å². The molecule has 1 aromatic carbocycles. The Hall–Kier alpha value is -2.30. The number of carbonyl (C=O) groups excluding carboxylic acids is 1. The molecular formula is C19H25N3O2. The van der Waals surface area contributed by atoms with Gasteiger partial charge in [0.1, 0.15) is 11.5 Å². The Balaban J connectivity index is 1.52. The molecule has 0 saturated heterocycles. The van der Waals surface area contributed by atoms with Crippen LogP contribution in [0.3, 0.4) is 0 Å². The maximum Gasteiger partial charge on any atom is 0.315 e. The minimum absolute atomic E-state index is 0.0839. The number of rotatable bonds is 5. The first-order valence-corrected chi connectivity index (χ1v) is 8.78. The summed E-state index contributed by atoms with van der Waals surface area (Å²) in [4.78, 5) is 16.5. The van der Waals surface area contributed by atoms with Gasteiger partial charge < -0.3 is 15.1 Å². The fraction of sp³-hybridized carbons (Fsp3) is 0.474. The lowest BCUT2D eigenvalue weighted by Crippen LogP contribution is -2.43. The largest absolute Gasteiger partial charge is 0.445 e. The Morgan fingerprint density at radius 1 is 1.21 bits per heavy atom. The van der Waals surface area contributed by atoms with Crippen molar-refractivity contribution in [3.05, 3.63) is 42.0 Å². The highest BCUT2D eigenvalue weighted by Crippen LogP contribution is 2.23. The maximum atomic E-state index is 12.0. The monoisotopic (exact) mass is 327 g/mol. The minimum Gasteiger partial charge on any atom is -0.445 e. The molecule has 0 bridgehead atoms. The number of nitrogens with zero attached hydrogens (tertiary/aromatic N) is 1. The lowest BCUT2D eigenvalue weighted by Gasteiger charge is -2.22. The average molecular weight is 327 g/mol. The van der Waals surface area contributed by atoms with Crippen molar-refractivity contribution in [2.75, 3.05) is 6.54 Å². The van der Waals surface area contributed by atoms with Crippen LogP contribution >= 0.6 is 0 Å². The van der Waals surface area contributed by atoms with Crippen molar-refractivity contribution in [2.45, 2.75) is 51.5 Å². The molecule has 0 spiro atoms. The van der Waals surface area contributed by atoms with Crippen molar-refractivity contribution in [3.63, 3.8) is 0 Å². The van der Waals surface area contributed by atoms with Crippen LogP contribution in [0.5, 0.6) is 0 Å². The SMILES string of the molecule is Cc1nc(-c2ccccc2)c(CCNC(=O)NC2CCCCC2)o1. The van der Waals surface area contributed by atoms with Crippen LogP contribution < -0.4 is 10.6 Å². The molecule has 3 rings (SSSR count). The molecule has 2 amide bonds. The van der Waals surface area contributed by atoms with Crippen LogP contribution in [-0.2, 0) is 6.42 Å². The number of amides is 2. The van der Waals surface area contributed by atoms with Crippen molar-refractivity contribution in [3.8, 4) is 11.3 Å². The zero-order chi connectivity index (χ0) is 16.8. The molecule has 1 aromatic heterocycles. The van der Waals surface area contributed by atoms with E-state index in [1.54, 1.807) is 0 Å². The summed E-state index contributed by atoms with van der Waals surface area (Å²) in [5.74, 6) is 1.46. The van der Waals surface area contributed by atoms with Crippen LogP contribution in [0, 0.1) is 6.92 Å². The van der Waals surface area contributed by atoms with E-state index in [9.17, 15) is 4.79 Å². The fourth-order valence-corrected chi connectivity index (χ4v) is 3.23. The molecule has 0 aliphatic heterocycles. The second-order valence-corrected chi connectivity index (χ2v) is 6.36. The molecular weight excluding hydrogens is 302 g/mol. The third-order valence-electron chi connectivity index (χ3n) is 4.43. The molecule has 128 valence electrons. The molecule has 1 heterocycles. The third-order valence-corrected chi connectivity index (χ3v) is 4.43. The Labute approximate surface area is 142 Å². The predicted octanol–water partition coefficient (Wildman–Crippen LogP) is 3.82. The van der Waals surface area contributed by atoms with Gasteiger partial charge in [-0.3, -0.25) is 0 Å².